The fraction of sp³-hybridized carbons (Fsp3) is 0.727. The number of aliphatic hydroxyl groups is 1. The summed E-state index contributed by atoms with van der Waals surface area (Å²) in [6, 6.07) is -0.273. The van der Waals surface area contributed by atoms with E-state index in [1.807, 2.05) is 6.92 Å². The van der Waals surface area contributed by atoms with Crippen LogP contribution >= 0.6 is 0 Å². The number of aliphatic hydroxyl groups excluding tert-OH is 1. The highest BCUT2D eigenvalue weighted by atomic mass is 16.6. The summed E-state index contributed by atoms with van der Waals surface area (Å²) < 4.78 is 5.09. The van der Waals surface area contributed by atoms with Gasteiger partial charge in [0, 0.05) is 12.5 Å². The first-order valence-electron chi connectivity index (χ1n) is 5.03. The third kappa shape index (κ3) is 6.12. The predicted octanol–water partition coefficient (Wildman–Crippen LogP) is 1.69. The van der Waals surface area contributed by atoms with E-state index in [1.165, 1.54) is 0 Å². The number of nitrogens with one attached hydrogen (secondary N) is 1. The van der Waals surface area contributed by atoms with Crippen molar-refractivity contribution in [3.8, 4) is 0 Å². The van der Waals surface area contributed by atoms with Crippen molar-refractivity contribution in [3.05, 3.63) is 12.7 Å². The number of carbonyl (C=O) groups is 1. The summed E-state index contributed by atoms with van der Waals surface area (Å²) in [5.74, 6) is -0.0741. The van der Waals surface area contributed by atoms with Crippen LogP contribution in [0.25, 0.3) is 0 Å². The maximum Gasteiger partial charge on any atom is 0.408 e. The van der Waals surface area contributed by atoms with E-state index in [0.717, 1.165) is 0 Å². The van der Waals surface area contributed by atoms with Gasteiger partial charge in [0.05, 0.1) is 6.04 Å². The summed E-state index contributed by atoms with van der Waals surface area (Å²) in [7, 11) is 0. The smallest absolute Gasteiger partial charge is 0.408 e. The minimum atomic E-state index is -0.516. The Kier molecular flexibility index (Phi) is 5.36. The van der Waals surface area contributed by atoms with Crippen molar-refractivity contribution in [1.29, 1.82) is 0 Å². The lowest BCUT2D eigenvalue weighted by Gasteiger charge is -2.24. The van der Waals surface area contributed by atoms with Gasteiger partial charge in [0.2, 0.25) is 0 Å². The van der Waals surface area contributed by atoms with Crippen LogP contribution in [-0.2, 0) is 4.74 Å². The molecule has 0 aromatic carbocycles. The standard InChI is InChI=1S/C11H21NO3/c1-6-9(8(2)7-13)12-10(14)15-11(3,4)5/h6,8-9,13H,1,7H2,2-5H3,(H,12,14)/t8-,9+/m1/s1. The van der Waals surface area contributed by atoms with E-state index in [2.05, 4.69) is 11.9 Å². The van der Waals surface area contributed by atoms with Gasteiger partial charge in [0.15, 0.2) is 0 Å². The molecule has 0 aliphatic rings. The molecule has 1 amide bonds. The van der Waals surface area contributed by atoms with Crippen molar-refractivity contribution in [1.82, 2.24) is 5.32 Å². The highest BCUT2D eigenvalue weighted by molar-refractivity contribution is 5.68. The van der Waals surface area contributed by atoms with Crippen molar-refractivity contribution >= 4 is 6.09 Å². The van der Waals surface area contributed by atoms with Gasteiger partial charge in [-0.05, 0) is 20.8 Å². The summed E-state index contributed by atoms with van der Waals surface area (Å²) in [5, 5.41) is 11.6. The zero-order valence-corrected chi connectivity index (χ0v) is 9.91. The molecule has 0 radical (unpaired) electrons. The summed E-state index contributed by atoms with van der Waals surface area (Å²) in [4.78, 5) is 11.4. The fourth-order valence-electron chi connectivity index (χ4n) is 0.991. The average Bonchev–Trinajstić information content (AvgIpc) is 2.10. The third-order valence-electron chi connectivity index (χ3n) is 1.84. The first-order chi connectivity index (χ1) is 6.80. The van der Waals surface area contributed by atoms with Crippen molar-refractivity contribution in [2.24, 2.45) is 5.92 Å². The van der Waals surface area contributed by atoms with Gasteiger partial charge >= 0.3 is 6.09 Å². The average molecular weight is 215 g/mol. The Morgan fingerprint density at radius 2 is 2.13 bits per heavy atom. The Morgan fingerprint density at radius 1 is 1.60 bits per heavy atom. The molecule has 0 fully saturated rings. The molecule has 88 valence electrons. The largest absolute Gasteiger partial charge is 0.444 e. The molecule has 0 aromatic heterocycles. The minimum absolute atomic E-state index is 0.00746. The molecular weight excluding hydrogens is 194 g/mol. The van der Waals surface area contributed by atoms with Crippen molar-refractivity contribution in [2.45, 2.75) is 39.3 Å². The number of hydrogen-bond acceptors (Lipinski definition) is 3. The zero-order valence-electron chi connectivity index (χ0n) is 9.91. The van der Waals surface area contributed by atoms with E-state index < -0.39 is 11.7 Å². The number of rotatable bonds is 4. The maximum absolute atomic E-state index is 11.4. The molecule has 0 aliphatic carbocycles. The van der Waals surface area contributed by atoms with Crippen molar-refractivity contribution < 1.29 is 14.6 Å². The highest BCUT2D eigenvalue weighted by Gasteiger charge is 2.20. The first-order valence-corrected chi connectivity index (χ1v) is 5.03. The normalized spacial score (nSPS) is 15.3. The lowest BCUT2D eigenvalue weighted by Crippen LogP contribution is -2.42. The second kappa shape index (κ2) is 5.75. The molecule has 4 nitrogen and oxygen atoms in total. The lowest BCUT2D eigenvalue weighted by atomic mass is 10.0. The van der Waals surface area contributed by atoms with Crippen molar-refractivity contribution in [2.75, 3.05) is 6.61 Å². The second-order valence-corrected chi connectivity index (χ2v) is 4.57. The zero-order chi connectivity index (χ0) is 12.1. The van der Waals surface area contributed by atoms with E-state index in [1.54, 1.807) is 26.8 Å². The molecule has 0 bridgehead atoms. The summed E-state index contributed by atoms with van der Waals surface area (Å²) in [6.45, 7) is 10.8. The minimum Gasteiger partial charge on any atom is -0.444 e. The molecule has 0 rings (SSSR count). The molecule has 0 spiro atoms. The molecule has 2 atom stereocenters. The molecular formula is C11H21NO3. The molecule has 2 N–H and O–H groups in total. The molecule has 0 saturated heterocycles. The van der Waals surface area contributed by atoms with Crippen LogP contribution in [0, 0.1) is 5.92 Å². The van der Waals surface area contributed by atoms with Gasteiger partial charge in [-0.2, -0.15) is 0 Å². The van der Waals surface area contributed by atoms with E-state index in [0.29, 0.717) is 0 Å². The first kappa shape index (κ1) is 14.0. The molecule has 4 heteroatoms. The summed E-state index contributed by atoms with van der Waals surface area (Å²) in [5.41, 5.74) is -0.516. The van der Waals surface area contributed by atoms with Crippen LogP contribution in [0.15, 0.2) is 12.7 Å². The molecule has 0 unspecified atom stereocenters. The van der Waals surface area contributed by atoms with Crippen LogP contribution in [0.4, 0.5) is 4.79 Å². The van der Waals surface area contributed by atoms with Gasteiger partial charge < -0.3 is 15.2 Å². The second-order valence-electron chi connectivity index (χ2n) is 4.57. The van der Waals surface area contributed by atoms with Gasteiger partial charge in [0.1, 0.15) is 5.60 Å². The maximum atomic E-state index is 11.4. The molecule has 0 saturated carbocycles. The van der Waals surface area contributed by atoms with Gasteiger partial charge in [-0.3, -0.25) is 0 Å². The molecule has 0 aliphatic heterocycles. The summed E-state index contributed by atoms with van der Waals surface area (Å²) in [6.07, 6.45) is 1.10. The van der Waals surface area contributed by atoms with Gasteiger partial charge in [0.25, 0.3) is 0 Å². The van der Waals surface area contributed by atoms with Gasteiger partial charge in [-0.15, -0.1) is 6.58 Å². The lowest BCUT2D eigenvalue weighted by molar-refractivity contribution is 0.0493. The Hall–Kier alpha value is -1.03. The van der Waals surface area contributed by atoms with Crippen molar-refractivity contribution in [3.63, 3.8) is 0 Å². The van der Waals surface area contributed by atoms with Crippen LogP contribution in [0.2, 0.25) is 0 Å². The Bertz CT molecular complexity index is 220. The monoisotopic (exact) mass is 215 g/mol. The number of ether oxygens (including phenoxy) is 1. The predicted molar refractivity (Wildman–Crippen MR) is 59.6 cm³/mol. The number of carbonyl (C=O) groups excluding carboxylic acids is 1. The van der Waals surface area contributed by atoms with Gasteiger partial charge in [-0.25, -0.2) is 4.79 Å². The van der Waals surface area contributed by atoms with Crippen LogP contribution < -0.4 is 5.32 Å². The Balaban J connectivity index is 4.19. The van der Waals surface area contributed by atoms with E-state index >= 15 is 0 Å². The van der Waals surface area contributed by atoms with E-state index in [4.69, 9.17) is 9.84 Å². The SMILES string of the molecule is C=C[C@H](NC(=O)OC(C)(C)C)[C@H](C)CO. The topological polar surface area (TPSA) is 58.6 Å². The number of hydrogen-bond donors (Lipinski definition) is 2. The van der Waals surface area contributed by atoms with Crippen LogP contribution in [0.3, 0.4) is 0 Å². The third-order valence-corrected chi connectivity index (χ3v) is 1.84. The van der Waals surface area contributed by atoms with Crippen LogP contribution in [0.5, 0.6) is 0 Å². The molecule has 0 heterocycles. The fourth-order valence-corrected chi connectivity index (χ4v) is 0.991. The van der Waals surface area contributed by atoms with Gasteiger partial charge in [-0.1, -0.05) is 13.0 Å². The van der Waals surface area contributed by atoms with E-state index in [-0.39, 0.29) is 18.6 Å². The Morgan fingerprint density at radius 3 is 2.47 bits per heavy atom. The van der Waals surface area contributed by atoms with E-state index in [9.17, 15) is 4.79 Å². The summed E-state index contributed by atoms with van der Waals surface area (Å²) >= 11 is 0. The Labute approximate surface area is 91.3 Å². The number of amides is 1. The highest BCUT2D eigenvalue weighted by Crippen LogP contribution is 2.08. The van der Waals surface area contributed by atoms with Crippen LogP contribution in [0.1, 0.15) is 27.7 Å². The van der Waals surface area contributed by atoms with Crippen LogP contribution in [-0.4, -0.2) is 29.4 Å². The number of alkyl carbamates (subject to hydrolysis) is 1. The molecule has 0 aromatic rings. The quantitative estimate of drug-likeness (QED) is 0.702. The molecule has 15 heavy (non-hydrogen) atoms.